The van der Waals surface area contributed by atoms with E-state index >= 15 is 0 Å². The molecule has 1 fully saturated rings. The first-order valence-corrected chi connectivity index (χ1v) is 4.95. The van der Waals surface area contributed by atoms with Gasteiger partial charge in [0.05, 0.1) is 19.0 Å². The van der Waals surface area contributed by atoms with Gasteiger partial charge in [0.2, 0.25) is 11.8 Å². The summed E-state index contributed by atoms with van der Waals surface area (Å²) in [4.78, 5) is 15.7. The average Bonchev–Trinajstić information content (AvgIpc) is 2.99. The lowest BCUT2D eigenvalue weighted by Gasteiger charge is -2.09. The third-order valence-corrected chi connectivity index (χ3v) is 2.75. The van der Waals surface area contributed by atoms with Crippen molar-refractivity contribution in [3.05, 3.63) is 18.3 Å². The molecule has 0 spiro atoms. The zero-order valence-electron chi connectivity index (χ0n) is 8.91. The second-order valence-electron chi connectivity index (χ2n) is 4.10. The number of aromatic nitrogens is 1. The summed E-state index contributed by atoms with van der Waals surface area (Å²) in [5.74, 6) is 0.625. The molecule has 0 saturated heterocycles. The number of carbonyl (C=O) groups excluding carboxylic acids is 1. The van der Waals surface area contributed by atoms with Crippen molar-refractivity contribution in [1.82, 2.24) is 4.98 Å². The Hall–Kier alpha value is -1.58. The smallest absolute Gasteiger partial charge is 0.230 e. The van der Waals surface area contributed by atoms with Gasteiger partial charge in [0, 0.05) is 11.5 Å². The van der Waals surface area contributed by atoms with Gasteiger partial charge in [0.15, 0.2) is 0 Å². The van der Waals surface area contributed by atoms with Gasteiger partial charge < -0.3 is 10.1 Å². The third kappa shape index (κ3) is 2.09. The molecule has 4 nitrogen and oxygen atoms in total. The molecule has 1 heterocycles. The number of amides is 1. The number of nitrogens with one attached hydrogen (secondary N) is 1. The molecule has 0 radical (unpaired) electrons. The molecule has 0 aliphatic heterocycles. The lowest BCUT2D eigenvalue weighted by molar-refractivity contribution is -0.120. The van der Waals surface area contributed by atoms with Gasteiger partial charge in [-0.25, -0.2) is 4.98 Å². The molecule has 80 valence electrons. The molecule has 1 saturated carbocycles. The summed E-state index contributed by atoms with van der Waals surface area (Å²) >= 11 is 0. The second kappa shape index (κ2) is 3.53. The summed E-state index contributed by atoms with van der Waals surface area (Å²) in [6, 6.07) is 3.51. The van der Waals surface area contributed by atoms with Crippen LogP contribution in [0.3, 0.4) is 0 Å². The van der Waals surface area contributed by atoms with Crippen molar-refractivity contribution in [1.29, 1.82) is 0 Å². The molecule has 15 heavy (non-hydrogen) atoms. The maximum absolute atomic E-state index is 11.7. The molecule has 1 aromatic rings. The molecule has 0 bridgehead atoms. The maximum atomic E-state index is 11.7. The minimum absolute atomic E-state index is 0.0782. The molecule has 1 aliphatic rings. The van der Waals surface area contributed by atoms with E-state index in [-0.39, 0.29) is 11.3 Å². The lowest BCUT2D eigenvalue weighted by atomic mass is 10.1. The van der Waals surface area contributed by atoms with E-state index in [1.807, 2.05) is 6.92 Å². The number of rotatable bonds is 3. The fourth-order valence-corrected chi connectivity index (χ4v) is 1.27. The monoisotopic (exact) mass is 206 g/mol. The second-order valence-corrected chi connectivity index (χ2v) is 4.10. The first-order chi connectivity index (χ1) is 7.14. The molecule has 1 N–H and O–H groups in total. The first-order valence-electron chi connectivity index (χ1n) is 4.95. The molecule has 0 atom stereocenters. The van der Waals surface area contributed by atoms with Gasteiger partial charge in [0.1, 0.15) is 0 Å². The largest absolute Gasteiger partial charge is 0.481 e. The van der Waals surface area contributed by atoms with Crippen molar-refractivity contribution >= 4 is 11.6 Å². The molecule has 0 aromatic carbocycles. The van der Waals surface area contributed by atoms with Crippen LogP contribution in [0.1, 0.15) is 19.8 Å². The van der Waals surface area contributed by atoms with Crippen LogP contribution >= 0.6 is 0 Å². The Labute approximate surface area is 88.7 Å². The zero-order chi connectivity index (χ0) is 10.9. The Balaban J connectivity index is 2.01. The van der Waals surface area contributed by atoms with Crippen LogP contribution in [0.2, 0.25) is 0 Å². The van der Waals surface area contributed by atoms with E-state index in [0.29, 0.717) is 11.6 Å². The fourth-order valence-electron chi connectivity index (χ4n) is 1.27. The molecule has 4 heteroatoms. The fraction of sp³-hybridized carbons (Fsp3) is 0.455. The van der Waals surface area contributed by atoms with Crippen molar-refractivity contribution in [3.8, 4) is 5.88 Å². The highest BCUT2D eigenvalue weighted by Gasteiger charge is 2.44. The van der Waals surface area contributed by atoms with E-state index in [2.05, 4.69) is 10.3 Å². The maximum Gasteiger partial charge on any atom is 0.230 e. The summed E-state index contributed by atoms with van der Waals surface area (Å²) in [7, 11) is 1.56. The van der Waals surface area contributed by atoms with Crippen LogP contribution in [0.15, 0.2) is 18.3 Å². The van der Waals surface area contributed by atoms with E-state index in [0.717, 1.165) is 12.8 Å². The van der Waals surface area contributed by atoms with Crippen molar-refractivity contribution in [2.45, 2.75) is 19.8 Å². The number of methoxy groups -OCH3 is 1. The normalized spacial score (nSPS) is 16.9. The minimum Gasteiger partial charge on any atom is -0.481 e. The standard InChI is InChI=1S/C11H14N2O2/c1-11(5-6-11)10(14)13-8-3-4-9(15-2)12-7-8/h3-4,7H,5-6H2,1-2H3,(H,13,14). The number of nitrogens with zero attached hydrogens (tertiary/aromatic N) is 1. The van der Waals surface area contributed by atoms with Gasteiger partial charge in [-0.05, 0) is 18.9 Å². The number of carbonyl (C=O) groups is 1. The highest BCUT2D eigenvalue weighted by atomic mass is 16.5. The highest BCUT2D eigenvalue weighted by molar-refractivity contribution is 5.96. The third-order valence-electron chi connectivity index (χ3n) is 2.75. The summed E-state index contributed by atoms with van der Waals surface area (Å²) in [5.41, 5.74) is 0.564. The van der Waals surface area contributed by atoms with Crippen LogP contribution in [-0.2, 0) is 4.79 Å². The minimum atomic E-state index is -0.153. The van der Waals surface area contributed by atoms with Crippen LogP contribution in [-0.4, -0.2) is 18.0 Å². The van der Waals surface area contributed by atoms with Gasteiger partial charge in [0.25, 0.3) is 0 Å². The van der Waals surface area contributed by atoms with E-state index in [1.54, 1.807) is 25.4 Å². The predicted molar refractivity (Wildman–Crippen MR) is 56.8 cm³/mol. The molecule has 0 unspecified atom stereocenters. The van der Waals surface area contributed by atoms with Crippen LogP contribution in [0, 0.1) is 5.41 Å². The average molecular weight is 206 g/mol. The number of ether oxygens (including phenoxy) is 1. The molecule has 2 rings (SSSR count). The lowest BCUT2D eigenvalue weighted by Crippen LogP contribution is -2.21. The highest BCUT2D eigenvalue weighted by Crippen LogP contribution is 2.45. The van der Waals surface area contributed by atoms with E-state index < -0.39 is 0 Å². The van der Waals surface area contributed by atoms with Gasteiger partial charge in [-0.2, -0.15) is 0 Å². The molecule has 1 aromatic heterocycles. The summed E-state index contributed by atoms with van der Waals surface area (Å²) < 4.78 is 4.93. The van der Waals surface area contributed by atoms with Crippen molar-refractivity contribution < 1.29 is 9.53 Å². The number of hydrogen-bond donors (Lipinski definition) is 1. The quantitative estimate of drug-likeness (QED) is 0.820. The zero-order valence-corrected chi connectivity index (χ0v) is 8.91. The molecule has 1 amide bonds. The Kier molecular flexibility index (Phi) is 2.34. The van der Waals surface area contributed by atoms with Gasteiger partial charge in [-0.3, -0.25) is 4.79 Å². The van der Waals surface area contributed by atoms with Gasteiger partial charge in [-0.1, -0.05) is 6.92 Å². The van der Waals surface area contributed by atoms with Gasteiger partial charge in [-0.15, -0.1) is 0 Å². The SMILES string of the molecule is COc1ccc(NC(=O)C2(C)CC2)cn1. The number of anilines is 1. The Morgan fingerprint density at radius 1 is 1.53 bits per heavy atom. The van der Waals surface area contributed by atoms with Crippen molar-refractivity contribution in [2.75, 3.05) is 12.4 Å². The van der Waals surface area contributed by atoms with Gasteiger partial charge >= 0.3 is 0 Å². The van der Waals surface area contributed by atoms with Crippen molar-refractivity contribution in [3.63, 3.8) is 0 Å². The summed E-state index contributed by atoms with van der Waals surface area (Å²) in [5, 5.41) is 2.84. The summed E-state index contributed by atoms with van der Waals surface area (Å²) in [6.45, 7) is 1.97. The summed E-state index contributed by atoms with van der Waals surface area (Å²) in [6.07, 6.45) is 3.55. The predicted octanol–water partition coefficient (Wildman–Crippen LogP) is 1.83. The van der Waals surface area contributed by atoms with E-state index in [1.165, 1.54) is 0 Å². The van der Waals surface area contributed by atoms with Crippen molar-refractivity contribution in [2.24, 2.45) is 5.41 Å². The Morgan fingerprint density at radius 2 is 2.27 bits per heavy atom. The Bertz CT molecular complexity index is 369. The van der Waals surface area contributed by atoms with Crippen LogP contribution in [0.5, 0.6) is 5.88 Å². The van der Waals surface area contributed by atoms with Crippen LogP contribution < -0.4 is 10.1 Å². The van der Waals surface area contributed by atoms with Crippen LogP contribution in [0.4, 0.5) is 5.69 Å². The number of pyridine rings is 1. The Morgan fingerprint density at radius 3 is 2.73 bits per heavy atom. The first kappa shape index (κ1) is 9.96. The molecular formula is C11H14N2O2. The van der Waals surface area contributed by atoms with Crippen LogP contribution in [0.25, 0.3) is 0 Å². The topological polar surface area (TPSA) is 51.2 Å². The van der Waals surface area contributed by atoms with E-state index in [9.17, 15) is 4.79 Å². The number of hydrogen-bond acceptors (Lipinski definition) is 3. The van der Waals surface area contributed by atoms with E-state index in [4.69, 9.17) is 4.74 Å². The molecule has 1 aliphatic carbocycles. The molecular weight excluding hydrogens is 192 g/mol.